The Bertz CT molecular complexity index is 612. The number of hydrogen-bond donors (Lipinski definition) is 1. The third kappa shape index (κ3) is 3.29. The number of rotatable bonds is 3. The molecule has 1 aromatic heterocycles. The van der Waals surface area contributed by atoms with Crippen LogP contribution in [-0.2, 0) is 12.8 Å². The van der Waals surface area contributed by atoms with E-state index in [0.717, 1.165) is 0 Å². The number of halogens is 2. The van der Waals surface area contributed by atoms with E-state index >= 15 is 0 Å². The molecule has 1 aliphatic carbocycles. The van der Waals surface area contributed by atoms with Crippen LogP contribution in [0.1, 0.15) is 46.2 Å². The highest BCUT2D eigenvalue weighted by molar-refractivity contribution is 7.12. The summed E-state index contributed by atoms with van der Waals surface area (Å²) < 4.78 is 0. The van der Waals surface area contributed by atoms with Crippen molar-refractivity contribution in [3.63, 3.8) is 0 Å². The lowest BCUT2D eigenvalue weighted by atomic mass is 10.0. The Labute approximate surface area is 140 Å². The van der Waals surface area contributed by atoms with Gasteiger partial charge in [0.2, 0.25) is 0 Å². The molecule has 1 aliphatic rings. The first-order chi connectivity index (χ1) is 10.2. The van der Waals surface area contributed by atoms with Crippen LogP contribution >= 0.6 is 34.5 Å². The van der Waals surface area contributed by atoms with Crippen molar-refractivity contribution < 1.29 is 0 Å². The zero-order valence-electron chi connectivity index (χ0n) is 12.1. The minimum absolute atomic E-state index is 0.191. The molecule has 1 aromatic carbocycles. The summed E-state index contributed by atoms with van der Waals surface area (Å²) in [5.74, 6) is 0. The van der Waals surface area contributed by atoms with Gasteiger partial charge in [-0.15, -0.1) is 11.3 Å². The highest BCUT2D eigenvalue weighted by atomic mass is 35.5. The quantitative estimate of drug-likeness (QED) is 0.714. The fourth-order valence-corrected chi connectivity index (χ4v) is 4.70. The Morgan fingerprint density at radius 2 is 1.86 bits per heavy atom. The maximum atomic E-state index is 6.17. The lowest BCUT2D eigenvalue weighted by Crippen LogP contribution is -2.16. The van der Waals surface area contributed by atoms with Gasteiger partial charge in [0.1, 0.15) is 0 Å². The van der Waals surface area contributed by atoms with Crippen LogP contribution in [0.25, 0.3) is 0 Å². The van der Waals surface area contributed by atoms with E-state index < -0.39 is 0 Å². The number of nitrogens with one attached hydrogen (secondary N) is 1. The second-order valence-corrected chi connectivity index (χ2v) is 7.54. The van der Waals surface area contributed by atoms with E-state index in [-0.39, 0.29) is 6.04 Å². The smallest absolute Gasteiger partial charge is 0.0669 e. The summed E-state index contributed by atoms with van der Waals surface area (Å²) in [7, 11) is 2.00. The van der Waals surface area contributed by atoms with Crippen LogP contribution in [0.15, 0.2) is 24.3 Å². The first-order valence-electron chi connectivity index (χ1n) is 7.42. The highest BCUT2D eigenvalue weighted by Crippen LogP contribution is 2.36. The van der Waals surface area contributed by atoms with Gasteiger partial charge in [0.05, 0.1) is 16.1 Å². The molecular weight excluding hydrogens is 321 g/mol. The Kier molecular flexibility index (Phi) is 4.90. The molecule has 0 spiro atoms. The van der Waals surface area contributed by atoms with E-state index in [4.69, 9.17) is 23.2 Å². The van der Waals surface area contributed by atoms with E-state index in [1.54, 1.807) is 10.4 Å². The third-order valence-electron chi connectivity index (χ3n) is 4.12. The minimum Gasteiger partial charge on any atom is -0.309 e. The predicted molar refractivity (Wildman–Crippen MR) is 92.9 cm³/mol. The number of thiophene rings is 1. The van der Waals surface area contributed by atoms with Gasteiger partial charge in [-0.1, -0.05) is 35.7 Å². The molecule has 1 atom stereocenters. The van der Waals surface area contributed by atoms with Crippen molar-refractivity contribution in [1.82, 2.24) is 5.32 Å². The van der Waals surface area contributed by atoms with Crippen LogP contribution in [0, 0.1) is 0 Å². The van der Waals surface area contributed by atoms with Crippen molar-refractivity contribution in [2.45, 2.75) is 38.1 Å². The molecule has 0 bridgehead atoms. The molecule has 2 aromatic rings. The normalized spacial score (nSPS) is 16.3. The van der Waals surface area contributed by atoms with Crippen molar-refractivity contribution in [2.75, 3.05) is 7.05 Å². The second-order valence-electron chi connectivity index (χ2n) is 5.55. The first kappa shape index (κ1) is 15.4. The zero-order valence-corrected chi connectivity index (χ0v) is 14.4. The Morgan fingerprint density at radius 3 is 2.62 bits per heavy atom. The van der Waals surface area contributed by atoms with Crippen molar-refractivity contribution >= 4 is 34.5 Å². The maximum absolute atomic E-state index is 6.17. The van der Waals surface area contributed by atoms with Crippen LogP contribution in [0.2, 0.25) is 10.0 Å². The van der Waals surface area contributed by atoms with Gasteiger partial charge in [-0.25, -0.2) is 0 Å². The van der Waals surface area contributed by atoms with Gasteiger partial charge in [0, 0.05) is 9.75 Å². The Morgan fingerprint density at radius 1 is 1.05 bits per heavy atom. The molecule has 0 amide bonds. The summed E-state index contributed by atoms with van der Waals surface area (Å²) >= 11 is 14.1. The summed E-state index contributed by atoms with van der Waals surface area (Å²) in [6.45, 7) is 0. The topological polar surface area (TPSA) is 12.0 Å². The van der Waals surface area contributed by atoms with Crippen molar-refractivity contribution in [3.05, 3.63) is 55.2 Å². The van der Waals surface area contributed by atoms with Gasteiger partial charge in [-0.05, 0) is 62.1 Å². The largest absolute Gasteiger partial charge is 0.309 e. The molecular formula is C17H19Cl2NS. The molecule has 1 nitrogen and oxygen atoms in total. The molecule has 0 radical (unpaired) electrons. The lowest BCUT2D eigenvalue weighted by Gasteiger charge is -2.16. The molecule has 1 heterocycles. The molecule has 0 saturated heterocycles. The molecule has 0 fully saturated rings. The van der Waals surface area contributed by atoms with Crippen molar-refractivity contribution in [2.24, 2.45) is 0 Å². The van der Waals surface area contributed by atoms with Gasteiger partial charge in [0.25, 0.3) is 0 Å². The van der Waals surface area contributed by atoms with Crippen molar-refractivity contribution in [1.29, 1.82) is 0 Å². The average molecular weight is 340 g/mol. The van der Waals surface area contributed by atoms with E-state index in [0.29, 0.717) is 10.0 Å². The molecule has 4 heteroatoms. The maximum Gasteiger partial charge on any atom is 0.0669 e. The number of benzene rings is 1. The van der Waals surface area contributed by atoms with E-state index in [1.165, 1.54) is 42.5 Å². The van der Waals surface area contributed by atoms with E-state index in [2.05, 4.69) is 17.4 Å². The summed E-state index contributed by atoms with van der Waals surface area (Å²) in [6, 6.07) is 8.48. The highest BCUT2D eigenvalue weighted by Gasteiger charge is 2.19. The molecule has 1 N–H and O–H groups in total. The molecule has 21 heavy (non-hydrogen) atoms. The van der Waals surface area contributed by atoms with Crippen molar-refractivity contribution in [3.8, 4) is 0 Å². The van der Waals surface area contributed by atoms with Crippen LogP contribution in [0.3, 0.4) is 0 Å². The number of fused-ring (bicyclic) bond motifs is 1. The Balaban J connectivity index is 1.94. The fraction of sp³-hybridized carbons (Fsp3) is 0.412. The van der Waals surface area contributed by atoms with E-state index in [1.807, 2.05) is 30.5 Å². The monoisotopic (exact) mass is 339 g/mol. The third-order valence-corrected chi connectivity index (χ3v) is 6.16. The average Bonchev–Trinajstić information content (AvgIpc) is 2.74. The number of aryl methyl sites for hydroxylation is 2. The standard InChI is InChI=1S/C17H19Cl2NS/c1-20-17(12-7-8-13(18)14(19)9-12)16-10-11-5-3-2-4-6-15(11)21-16/h7-10,17,20H,2-6H2,1H3. The fourth-order valence-electron chi connectivity index (χ4n) is 3.00. The zero-order chi connectivity index (χ0) is 14.8. The van der Waals surface area contributed by atoms with Crippen LogP contribution in [0.5, 0.6) is 0 Å². The molecule has 0 saturated carbocycles. The van der Waals surface area contributed by atoms with Gasteiger partial charge in [-0.3, -0.25) is 0 Å². The summed E-state index contributed by atoms with van der Waals surface area (Å²) in [5.41, 5.74) is 2.72. The minimum atomic E-state index is 0.191. The van der Waals surface area contributed by atoms with Crippen LogP contribution < -0.4 is 5.32 Å². The Hall–Kier alpha value is -0.540. The lowest BCUT2D eigenvalue weighted by molar-refractivity contribution is 0.698. The molecule has 1 unspecified atom stereocenters. The number of hydrogen-bond acceptors (Lipinski definition) is 2. The summed E-state index contributed by atoms with van der Waals surface area (Å²) in [6.07, 6.45) is 6.46. The SMILES string of the molecule is CNC(c1ccc(Cl)c(Cl)c1)c1cc2c(s1)CCCCC2. The summed E-state index contributed by atoms with van der Waals surface area (Å²) in [5, 5.41) is 4.64. The van der Waals surface area contributed by atoms with Gasteiger partial charge < -0.3 is 5.32 Å². The van der Waals surface area contributed by atoms with Gasteiger partial charge >= 0.3 is 0 Å². The predicted octanol–water partition coefficient (Wildman–Crippen LogP) is 5.63. The molecule has 112 valence electrons. The first-order valence-corrected chi connectivity index (χ1v) is 9.00. The molecule has 3 rings (SSSR count). The van der Waals surface area contributed by atoms with E-state index in [9.17, 15) is 0 Å². The van der Waals surface area contributed by atoms with Crippen LogP contribution in [0.4, 0.5) is 0 Å². The van der Waals surface area contributed by atoms with Gasteiger partial charge in [0.15, 0.2) is 0 Å². The van der Waals surface area contributed by atoms with Crippen LogP contribution in [-0.4, -0.2) is 7.05 Å². The van der Waals surface area contributed by atoms with Gasteiger partial charge in [-0.2, -0.15) is 0 Å². The second kappa shape index (κ2) is 6.70. The summed E-state index contributed by atoms with van der Waals surface area (Å²) in [4.78, 5) is 2.95. The molecule has 0 aliphatic heterocycles.